The van der Waals surface area contributed by atoms with Gasteiger partial charge in [-0.2, -0.15) is 0 Å². The molecule has 1 aromatic rings. The minimum atomic E-state index is -3.93. The monoisotopic (exact) mass is 350 g/mol. The van der Waals surface area contributed by atoms with E-state index in [9.17, 15) is 17.0 Å². The second-order valence-corrected chi connectivity index (χ2v) is 8.54. The quantitative estimate of drug-likeness (QED) is 0.778. The standard InChI is InChI=1S/C12H15FN2O3S3/c13-9-2-1-3-10(11(9)12(14)19)21(17,18)15-8-4-6-20(16)7-5-8/h1-3,8,15H,4-7H2,(H2,14,19). The van der Waals surface area contributed by atoms with Crippen LogP contribution in [-0.2, 0) is 20.8 Å². The van der Waals surface area contributed by atoms with Gasteiger partial charge in [-0.15, -0.1) is 0 Å². The summed E-state index contributed by atoms with van der Waals surface area (Å²) in [4.78, 5) is -0.570. The van der Waals surface area contributed by atoms with Gasteiger partial charge in [0.25, 0.3) is 0 Å². The van der Waals surface area contributed by atoms with E-state index in [4.69, 9.17) is 18.0 Å². The van der Waals surface area contributed by atoms with Gasteiger partial charge < -0.3 is 5.73 Å². The maximum atomic E-state index is 13.8. The number of thiocarbonyl (C=S) groups is 1. The van der Waals surface area contributed by atoms with Crippen LogP contribution in [0.1, 0.15) is 18.4 Å². The van der Waals surface area contributed by atoms with Crippen LogP contribution in [0.3, 0.4) is 0 Å². The normalized spacial score (nSPS) is 22.9. The summed E-state index contributed by atoms with van der Waals surface area (Å²) in [6.45, 7) is 0. The van der Waals surface area contributed by atoms with Crippen molar-refractivity contribution in [2.45, 2.75) is 23.8 Å². The van der Waals surface area contributed by atoms with Crippen LogP contribution in [0.15, 0.2) is 23.1 Å². The van der Waals surface area contributed by atoms with Crippen LogP contribution in [0.25, 0.3) is 0 Å². The molecule has 116 valence electrons. The van der Waals surface area contributed by atoms with Crippen molar-refractivity contribution in [3.63, 3.8) is 0 Å². The average Bonchev–Trinajstić information content (AvgIpc) is 2.40. The van der Waals surface area contributed by atoms with Crippen LogP contribution < -0.4 is 10.5 Å². The molecule has 1 saturated heterocycles. The number of halogens is 1. The van der Waals surface area contributed by atoms with Crippen LogP contribution in [-0.4, -0.2) is 35.2 Å². The van der Waals surface area contributed by atoms with Gasteiger partial charge in [0.05, 0.1) is 10.5 Å². The topological polar surface area (TPSA) is 89.3 Å². The molecule has 1 aliphatic heterocycles. The van der Waals surface area contributed by atoms with E-state index >= 15 is 0 Å². The molecular weight excluding hydrogens is 335 g/mol. The summed E-state index contributed by atoms with van der Waals surface area (Å²) in [6.07, 6.45) is 0.979. The molecule has 21 heavy (non-hydrogen) atoms. The fourth-order valence-corrected chi connectivity index (χ4v) is 5.27. The second kappa shape index (κ2) is 6.47. The van der Waals surface area contributed by atoms with E-state index in [0.29, 0.717) is 24.3 Å². The maximum Gasteiger partial charge on any atom is 0.241 e. The van der Waals surface area contributed by atoms with Gasteiger partial charge in [-0.1, -0.05) is 18.3 Å². The van der Waals surface area contributed by atoms with Gasteiger partial charge in [0.1, 0.15) is 10.8 Å². The van der Waals surface area contributed by atoms with E-state index in [-0.39, 0.29) is 21.5 Å². The average molecular weight is 350 g/mol. The van der Waals surface area contributed by atoms with Crippen molar-refractivity contribution in [1.82, 2.24) is 4.72 Å². The van der Waals surface area contributed by atoms with Gasteiger partial charge in [-0.25, -0.2) is 17.5 Å². The van der Waals surface area contributed by atoms with Crippen molar-refractivity contribution in [3.8, 4) is 0 Å². The Kier molecular flexibility index (Phi) is 5.07. The Hall–Kier alpha value is -0.900. The zero-order chi connectivity index (χ0) is 15.6. The Morgan fingerprint density at radius 3 is 2.57 bits per heavy atom. The number of nitrogens with two attached hydrogens (primary N) is 1. The van der Waals surface area contributed by atoms with Gasteiger partial charge in [-0.05, 0) is 25.0 Å². The molecule has 0 aromatic heterocycles. The van der Waals surface area contributed by atoms with Crippen LogP contribution >= 0.6 is 12.2 Å². The number of hydrogen-bond acceptors (Lipinski definition) is 4. The van der Waals surface area contributed by atoms with Crippen LogP contribution in [0.2, 0.25) is 0 Å². The first-order chi connectivity index (χ1) is 9.81. The summed E-state index contributed by atoms with van der Waals surface area (Å²) in [5, 5.41) is 0. The van der Waals surface area contributed by atoms with Gasteiger partial charge in [0, 0.05) is 28.3 Å². The van der Waals surface area contributed by atoms with Gasteiger partial charge in [0.15, 0.2) is 0 Å². The molecule has 0 unspecified atom stereocenters. The zero-order valence-electron chi connectivity index (χ0n) is 11.0. The Morgan fingerprint density at radius 1 is 1.38 bits per heavy atom. The molecule has 0 bridgehead atoms. The van der Waals surface area contributed by atoms with Crippen molar-refractivity contribution >= 4 is 38.0 Å². The predicted molar refractivity (Wildman–Crippen MR) is 83.5 cm³/mol. The highest BCUT2D eigenvalue weighted by Gasteiger charge is 2.27. The molecular formula is C12H15FN2O3S3. The number of benzene rings is 1. The lowest BCUT2D eigenvalue weighted by Crippen LogP contribution is -2.40. The predicted octanol–water partition coefficient (Wildman–Crippen LogP) is 0.649. The van der Waals surface area contributed by atoms with Gasteiger partial charge in [-0.3, -0.25) is 4.21 Å². The van der Waals surface area contributed by atoms with Crippen molar-refractivity contribution in [2.75, 3.05) is 11.5 Å². The number of rotatable bonds is 4. The highest BCUT2D eigenvalue weighted by Crippen LogP contribution is 2.20. The molecule has 1 heterocycles. The van der Waals surface area contributed by atoms with Gasteiger partial charge >= 0.3 is 0 Å². The summed E-state index contributed by atoms with van der Waals surface area (Å²) in [6, 6.07) is 3.36. The second-order valence-electron chi connectivity index (χ2n) is 4.72. The first kappa shape index (κ1) is 16.5. The number of sulfonamides is 1. The summed E-state index contributed by atoms with van der Waals surface area (Å²) >= 11 is 4.73. The Labute approximate surface area is 130 Å². The molecule has 2 rings (SSSR count). The highest BCUT2D eigenvalue weighted by molar-refractivity contribution is 7.89. The highest BCUT2D eigenvalue weighted by atomic mass is 32.2. The summed E-state index contributed by atoms with van der Waals surface area (Å²) in [7, 11) is -4.82. The molecule has 3 N–H and O–H groups in total. The van der Waals surface area contributed by atoms with E-state index in [1.807, 2.05) is 0 Å². The Bertz CT molecular complexity index is 681. The third kappa shape index (κ3) is 3.85. The van der Waals surface area contributed by atoms with Crippen LogP contribution in [0.5, 0.6) is 0 Å². The first-order valence-corrected chi connectivity index (χ1v) is 9.65. The van der Waals surface area contributed by atoms with E-state index in [2.05, 4.69) is 4.72 Å². The minimum absolute atomic E-state index is 0.262. The number of nitrogens with one attached hydrogen (secondary N) is 1. The lowest BCUT2D eigenvalue weighted by Gasteiger charge is -2.23. The molecule has 0 radical (unpaired) electrons. The third-order valence-electron chi connectivity index (χ3n) is 3.22. The Balaban J connectivity index is 2.30. The molecule has 0 atom stereocenters. The first-order valence-electron chi connectivity index (χ1n) is 6.27. The molecule has 5 nitrogen and oxygen atoms in total. The molecule has 1 fully saturated rings. The fourth-order valence-electron chi connectivity index (χ4n) is 2.16. The zero-order valence-corrected chi connectivity index (χ0v) is 13.5. The lowest BCUT2D eigenvalue weighted by atomic mass is 10.2. The molecule has 1 aromatic carbocycles. The fraction of sp³-hybridized carbons (Fsp3) is 0.417. The molecule has 0 saturated carbocycles. The van der Waals surface area contributed by atoms with E-state index in [1.165, 1.54) is 12.1 Å². The van der Waals surface area contributed by atoms with Crippen LogP contribution in [0.4, 0.5) is 4.39 Å². The molecule has 0 amide bonds. The molecule has 1 aliphatic rings. The smallest absolute Gasteiger partial charge is 0.241 e. The van der Waals surface area contributed by atoms with Crippen molar-refractivity contribution < 1.29 is 17.0 Å². The maximum absolute atomic E-state index is 13.8. The van der Waals surface area contributed by atoms with Gasteiger partial charge in [0.2, 0.25) is 10.0 Å². The van der Waals surface area contributed by atoms with Crippen molar-refractivity contribution in [3.05, 3.63) is 29.6 Å². The summed E-state index contributed by atoms with van der Waals surface area (Å²) in [5.74, 6) is 0.145. The lowest BCUT2D eigenvalue weighted by molar-refractivity contribution is 0.520. The minimum Gasteiger partial charge on any atom is -0.389 e. The Morgan fingerprint density at radius 2 is 2.00 bits per heavy atom. The van der Waals surface area contributed by atoms with E-state index < -0.39 is 26.6 Å². The summed E-state index contributed by atoms with van der Waals surface area (Å²) in [5.41, 5.74) is 5.14. The van der Waals surface area contributed by atoms with E-state index in [0.717, 1.165) is 6.07 Å². The third-order valence-corrected chi connectivity index (χ3v) is 6.37. The number of hydrogen-bond donors (Lipinski definition) is 2. The summed E-state index contributed by atoms with van der Waals surface area (Å²) < 4.78 is 52.3. The van der Waals surface area contributed by atoms with E-state index in [1.54, 1.807) is 0 Å². The van der Waals surface area contributed by atoms with Crippen molar-refractivity contribution in [1.29, 1.82) is 0 Å². The molecule has 0 aliphatic carbocycles. The van der Waals surface area contributed by atoms with Crippen LogP contribution in [0, 0.1) is 5.82 Å². The molecule has 0 spiro atoms. The largest absolute Gasteiger partial charge is 0.389 e. The SMILES string of the molecule is NC(=S)c1c(F)cccc1S(=O)(=O)NC1CCS(=O)CC1. The van der Waals surface area contributed by atoms with Crippen molar-refractivity contribution in [2.24, 2.45) is 5.73 Å². The molecule has 9 heteroatoms.